The minimum absolute atomic E-state index is 0.0581. The summed E-state index contributed by atoms with van der Waals surface area (Å²) in [5.74, 6) is 0. The van der Waals surface area contributed by atoms with Crippen molar-refractivity contribution in [1.82, 2.24) is 4.90 Å². The molecule has 1 saturated heterocycles. The molecule has 21 heavy (non-hydrogen) atoms. The minimum Gasteiger partial charge on any atom is -0.376 e. The highest BCUT2D eigenvalue weighted by Gasteiger charge is 2.18. The summed E-state index contributed by atoms with van der Waals surface area (Å²) in [6.45, 7) is 4.31. The Morgan fingerprint density at radius 2 is 1.76 bits per heavy atom. The highest BCUT2D eigenvalue weighted by molar-refractivity contribution is 7.86. The van der Waals surface area contributed by atoms with Gasteiger partial charge in [0.2, 0.25) is 0 Å². The van der Waals surface area contributed by atoms with Gasteiger partial charge in [0, 0.05) is 13.1 Å². The molecule has 0 aromatic heterocycles. The first kappa shape index (κ1) is 16.4. The van der Waals surface area contributed by atoms with Gasteiger partial charge in [-0.3, -0.25) is 4.18 Å². The third-order valence-corrected chi connectivity index (χ3v) is 4.98. The second-order valence-corrected chi connectivity index (χ2v) is 7.08. The summed E-state index contributed by atoms with van der Waals surface area (Å²) in [5.41, 5.74) is 1.01. The number of rotatable bonds is 6. The largest absolute Gasteiger partial charge is 0.376 e. The zero-order valence-corrected chi connectivity index (χ0v) is 13.4. The molecule has 0 N–H and O–H groups in total. The van der Waals surface area contributed by atoms with Crippen LogP contribution in [-0.4, -0.2) is 52.8 Å². The highest BCUT2D eigenvalue weighted by Crippen LogP contribution is 2.14. The van der Waals surface area contributed by atoms with Crippen molar-refractivity contribution in [3.63, 3.8) is 0 Å². The summed E-state index contributed by atoms with van der Waals surface area (Å²) >= 11 is 0. The summed E-state index contributed by atoms with van der Waals surface area (Å²) in [4.78, 5) is 2.45. The van der Waals surface area contributed by atoms with E-state index in [9.17, 15) is 8.42 Å². The topological polar surface area (TPSA) is 55.8 Å². The van der Waals surface area contributed by atoms with Gasteiger partial charge in [0.1, 0.15) is 0 Å². The molecule has 1 aromatic carbocycles. The van der Waals surface area contributed by atoms with E-state index in [0.717, 1.165) is 31.5 Å². The second kappa shape index (κ2) is 7.35. The first-order valence-corrected chi connectivity index (χ1v) is 8.64. The average molecular weight is 313 g/mol. The molecule has 0 saturated carbocycles. The van der Waals surface area contributed by atoms with Crippen LogP contribution in [0.2, 0.25) is 0 Å². The van der Waals surface area contributed by atoms with E-state index >= 15 is 0 Å². The number of nitrogens with zero attached hydrogens (tertiary/aromatic N) is 1. The summed E-state index contributed by atoms with van der Waals surface area (Å²) in [6.07, 6.45) is 2.19. The van der Waals surface area contributed by atoms with Gasteiger partial charge in [-0.25, -0.2) is 0 Å². The van der Waals surface area contributed by atoms with Crippen LogP contribution in [0.15, 0.2) is 29.2 Å². The van der Waals surface area contributed by atoms with Crippen LogP contribution in [0.3, 0.4) is 0 Å². The molecule has 0 aliphatic carbocycles. The lowest BCUT2D eigenvalue weighted by Crippen LogP contribution is -2.34. The predicted molar refractivity (Wildman–Crippen MR) is 80.8 cm³/mol. The van der Waals surface area contributed by atoms with Crippen molar-refractivity contribution in [2.24, 2.45) is 0 Å². The van der Waals surface area contributed by atoms with Gasteiger partial charge in [-0.2, -0.15) is 8.42 Å². The van der Waals surface area contributed by atoms with E-state index < -0.39 is 10.1 Å². The lowest BCUT2D eigenvalue weighted by molar-refractivity contribution is 0.000472. The number of aryl methyl sites for hydroxylation is 1. The van der Waals surface area contributed by atoms with Crippen LogP contribution in [0.4, 0.5) is 0 Å². The maximum atomic E-state index is 12.0. The molecule has 5 nitrogen and oxygen atoms in total. The van der Waals surface area contributed by atoms with Crippen LogP contribution in [0.5, 0.6) is 0 Å². The third-order valence-electron chi connectivity index (χ3n) is 3.65. The zero-order chi connectivity index (χ0) is 15.3. The molecule has 0 radical (unpaired) electrons. The normalized spacial score (nSPS) is 18.0. The van der Waals surface area contributed by atoms with Gasteiger partial charge in [-0.1, -0.05) is 17.7 Å². The predicted octanol–water partition coefficient (Wildman–Crippen LogP) is 1.81. The molecule has 0 atom stereocenters. The molecule has 1 fully saturated rings. The monoisotopic (exact) mass is 313 g/mol. The smallest absolute Gasteiger partial charge is 0.297 e. The van der Waals surface area contributed by atoms with E-state index in [1.165, 1.54) is 0 Å². The SMILES string of the molecule is Cc1ccc(S(=O)(=O)OCCOC2CCN(C)CC2)cc1. The van der Waals surface area contributed by atoms with E-state index in [1.807, 2.05) is 6.92 Å². The summed E-state index contributed by atoms with van der Waals surface area (Å²) in [5, 5.41) is 0. The quantitative estimate of drug-likeness (QED) is 0.592. The van der Waals surface area contributed by atoms with Crippen molar-refractivity contribution >= 4 is 10.1 Å². The van der Waals surface area contributed by atoms with Crippen LogP contribution in [0, 0.1) is 6.92 Å². The molecule has 0 amide bonds. The summed E-state index contributed by atoms with van der Waals surface area (Å²) < 4.78 is 34.6. The number of piperidine rings is 1. The fraction of sp³-hybridized carbons (Fsp3) is 0.600. The Balaban J connectivity index is 1.73. The van der Waals surface area contributed by atoms with E-state index in [2.05, 4.69) is 11.9 Å². The maximum absolute atomic E-state index is 12.0. The summed E-state index contributed by atoms with van der Waals surface area (Å²) in [6, 6.07) is 6.63. The van der Waals surface area contributed by atoms with Gasteiger partial charge < -0.3 is 9.64 Å². The molecular formula is C15H23NO4S. The van der Waals surface area contributed by atoms with Crippen LogP contribution in [-0.2, 0) is 19.0 Å². The number of likely N-dealkylation sites (tertiary alicyclic amines) is 1. The van der Waals surface area contributed by atoms with E-state index in [0.29, 0.717) is 6.61 Å². The van der Waals surface area contributed by atoms with Crippen LogP contribution < -0.4 is 0 Å². The number of ether oxygens (including phenoxy) is 1. The van der Waals surface area contributed by atoms with Gasteiger partial charge in [-0.05, 0) is 38.9 Å². The molecule has 1 aliphatic heterocycles. The Morgan fingerprint density at radius 3 is 2.38 bits per heavy atom. The zero-order valence-electron chi connectivity index (χ0n) is 12.6. The fourth-order valence-electron chi connectivity index (χ4n) is 2.28. The van der Waals surface area contributed by atoms with Gasteiger partial charge in [-0.15, -0.1) is 0 Å². The van der Waals surface area contributed by atoms with Crippen molar-refractivity contribution in [2.75, 3.05) is 33.4 Å². The first-order valence-electron chi connectivity index (χ1n) is 7.23. The minimum atomic E-state index is -3.68. The van der Waals surface area contributed by atoms with Gasteiger partial charge >= 0.3 is 0 Å². The van der Waals surface area contributed by atoms with Gasteiger partial charge in [0.05, 0.1) is 24.2 Å². The maximum Gasteiger partial charge on any atom is 0.297 e. The summed E-state index contributed by atoms with van der Waals surface area (Å²) in [7, 11) is -1.59. The van der Waals surface area contributed by atoms with Crippen molar-refractivity contribution in [1.29, 1.82) is 0 Å². The average Bonchev–Trinajstić information content (AvgIpc) is 2.46. The standard InChI is InChI=1S/C15H23NO4S/c1-13-3-5-15(6-4-13)21(17,18)20-12-11-19-14-7-9-16(2)10-8-14/h3-6,14H,7-12H2,1-2H3. The second-order valence-electron chi connectivity index (χ2n) is 5.46. The molecule has 1 heterocycles. The molecular weight excluding hydrogens is 290 g/mol. The number of hydrogen-bond acceptors (Lipinski definition) is 5. The van der Waals surface area contributed by atoms with Crippen molar-refractivity contribution in [3.8, 4) is 0 Å². The Morgan fingerprint density at radius 1 is 1.14 bits per heavy atom. The Hall–Kier alpha value is -0.950. The third kappa shape index (κ3) is 5.07. The van der Waals surface area contributed by atoms with Crippen LogP contribution in [0.1, 0.15) is 18.4 Å². The lowest BCUT2D eigenvalue weighted by Gasteiger charge is -2.28. The lowest BCUT2D eigenvalue weighted by atomic mass is 10.1. The van der Waals surface area contributed by atoms with Gasteiger partial charge in [0.25, 0.3) is 10.1 Å². The van der Waals surface area contributed by atoms with Crippen LogP contribution >= 0.6 is 0 Å². The first-order chi connectivity index (χ1) is 9.97. The molecule has 0 bridgehead atoms. The van der Waals surface area contributed by atoms with E-state index in [4.69, 9.17) is 8.92 Å². The fourth-order valence-corrected chi connectivity index (χ4v) is 3.18. The van der Waals surface area contributed by atoms with Crippen molar-refractivity contribution in [2.45, 2.75) is 30.8 Å². The highest BCUT2D eigenvalue weighted by atomic mass is 32.2. The van der Waals surface area contributed by atoms with Crippen molar-refractivity contribution in [3.05, 3.63) is 29.8 Å². The number of benzene rings is 1. The van der Waals surface area contributed by atoms with E-state index in [-0.39, 0.29) is 17.6 Å². The molecule has 0 unspecified atom stereocenters. The van der Waals surface area contributed by atoms with Crippen LogP contribution in [0.25, 0.3) is 0 Å². The molecule has 2 rings (SSSR count). The van der Waals surface area contributed by atoms with Gasteiger partial charge in [0.15, 0.2) is 0 Å². The number of hydrogen-bond donors (Lipinski definition) is 0. The Labute approximate surface area is 127 Å². The molecule has 1 aliphatic rings. The Kier molecular flexibility index (Phi) is 5.75. The molecule has 118 valence electrons. The molecule has 0 spiro atoms. The van der Waals surface area contributed by atoms with Crippen molar-refractivity contribution < 1.29 is 17.3 Å². The van der Waals surface area contributed by atoms with E-state index in [1.54, 1.807) is 24.3 Å². The molecule has 1 aromatic rings. The Bertz CT molecular complexity index is 533. The molecule has 6 heteroatoms.